The van der Waals surface area contributed by atoms with Crippen LogP contribution in [0.25, 0.3) is 11.3 Å². The quantitative estimate of drug-likeness (QED) is 0.835. The Morgan fingerprint density at radius 1 is 1.50 bits per heavy atom. The second kappa shape index (κ2) is 6.02. The van der Waals surface area contributed by atoms with Crippen molar-refractivity contribution in [3.05, 3.63) is 30.1 Å². The fraction of sp³-hybridized carbons (Fsp3) is 0.0909. The number of rotatable bonds is 3. The first-order chi connectivity index (χ1) is 9.60. The van der Waals surface area contributed by atoms with Gasteiger partial charge in [0.05, 0.1) is 17.1 Å². The van der Waals surface area contributed by atoms with E-state index in [0.29, 0.717) is 17.0 Å². The SMILES string of the molecule is O=C(O)NC(=O)Oc1ncccc1-c1cc(CCl)no1. The van der Waals surface area contributed by atoms with Crippen LogP contribution in [-0.2, 0) is 5.88 Å². The number of halogens is 1. The Morgan fingerprint density at radius 3 is 2.95 bits per heavy atom. The zero-order valence-electron chi connectivity index (χ0n) is 9.87. The molecule has 0 unspecified atom stereocenters. The maximum atomic E-state index is 11.2. The van der Waals surface area contributed by atoms with Crippen molar-refractivity contribution in [1.82, 2.24) is 15.5 Å². The number of ether oxygens (including phenoxy) is 1. The summed E-state index contributed by atoms with van der Waals surface area (Å²) in [7, 11) is 0. The third-order valence-electron chi connectivity index (χ3n) is 2.13. The van der Waals surface area contributed by atoms with E-state index in [-0.39, 0.29) is 11.8 Å². The number of hydrogen-bond acceptors (Lipinski definition) is 6. The van der Waals surface area contributed by atoms with Gasteiger partial charge in [-0.05, 0) is 12.1 Å². The topological polar surface area (TPSA) is 115 Å². The van der Waals surface area contributed by atoms with E-state index in [1.807, 2.05) is 0 Å². The molecule has 2 heterocycles. The van der Waals surface area contributed by atoms with Crippen LogP contribution in [0.1, 0.15) is 5.69 Å². The summed E-state index contributed by atoms with van der Waals surface area (Å²) in [5, 5.41) is 13.6. The first-order valence-corrected chi connectivity index (χ1v) is 5.82. The van der Waals surface area contributed by atoms with Gasteiger partial charge in [0, 0.05) is 12.3 Å². The molecule has 20 heavy (non-hydrogen) atoms. The molecule has 0 aliphatic carbocycles. The van der Waals surface area contributed by atoms with Gasteiger partial charge in [-0.3, -0.25) is 0 Å². The second-order valence-corrected chi connectivity index (χ2v) is 3.76. The van der Waals surface area contributed by atoms with Gasteiger partial charge >= 0.3 is 12.2 Å². The maximum Gasteiger partial charge on any atom is 0.423 e. The Hall–Kier alpha value is -2.61. The fourth-order valence-corrected chi connectivity index (χ4v) is 1.49. The predicted octanol–water partition coefficient (Wildman–Crippen LogP) is 2.24. The van der Waals surface area contributed by atoms with Crippen molar-refractivity contribution < 1.29 is 24.0 Å². The molecule has 0 saturated carbocycles. The lowest BCUT2D eigenvalue weighted by Crippen LogP contribution is -2.31. The first-order valence-electron chi connectivity index (χ1n) is 5.29. The average molecular weight is 298 g/mol. The van der Waals surface area contributed by atoms with Gasteiger partial charge in [0.1, 0.15) is 0 Å². The van der Waals surface area contributed by atoms with Crippen LogP contribution in [0.3, 0.4) is 0 Å². The van der Waals surface area contributed by atoms with Crippen LogP contribution >= 0.6 is 11.6 Å². The second-order valence-electron chi connectivity index (χ2n) is 3.49. The Bertz CT molecular complexity index is 642. The van der Waals surface area contributed by atoms with Crippen molar-refractivity contribution in [2.24, 2.45) is 0 Å². The molecule has 0 fully saturated rings. The summed E-state index contributed by atoms with van der Waals surface area (Å²) < 4.78 is 9.83. The predicted molar refractivity (Wildman–Crippen MR) is 66.5 cm³/mol. The molecule has 0 bridgehead atoms. The molecule has 2 amide bonds. The number of carbonyl (C=O) groups is 2. The van der Waals surface area contributed by atoms with Gasteiger partial charge in [-0.15, -0.1) is 11.6 Å². The van der Waals surface area contributed by atoms with Gasteiger partial charge in [-0.25, -0.2) is 19.9 Å². The Morgan fingerprint density at radius 2 is 2.30 bits per heavy atom. The van der Waals surface area contributed by atoms with E-state index >= 15 is 0 Å². The smallest absolute Gasteiger partial charge is 0.423 e. The van der Waals surface area contributed by atoms with Gasteiger partial charge in [0.2, 0.25) is 5.88 Å². The molecule has 0 atom stereocenters. The number of nitrogens with one attached hydrogen (secondary N) is 1. The molecule has 2 aromatic heterocycles. The standard InChI is InChI=1S/C11H8ClN3O5/c12-5-6-4-8(20-15-6)7-2-1-3-13-9(7)19-11(18)14-10(16)17/h1-4H,5H2,(H,14,18)(H,16,17). The van der Waals surface area contributed by atoms with E-state index in [4.69, 9.17) is 26.0 Å². The minimum Gasteiger partial charge on any atom is -0.465 e. The Labute approximate surface area is 117 Å². The zero-order valence-corrected chi connectivity index (χ0v) is 10.6. The summed E-state index contributed by atoms with van der Waals surface area (Å²) in [5.74, 6) is 0.356. The molecule has 0 aliphatic rings. The molecule has 0 radical (unpaired) electrons. The Balaban J connectivity index is 2.26. The minimum absolute atomic E-state index is 0.108. The van der Waals surface area contributed by atoms with Crippen LogP contribution in [0, 0.1) is 0 Å². The molecule has 2 rings (SSSR count). The first kappa shape index (κ1) is 13.8. The van der Waals surface area contributed by atoms with Crippen molar-refractivity contribution >= 4 is 23.8 Å². The number of amides is 2. The van der Waals surface area contributed by atoms with Crippen molar-refractivity contribution in [1.29, 1.82) is 0 Å². The van der Waals surface area contributed by atoms with Crippen LogP contribution in [0.2, 0.25) is 0 Å². The summed E-state index contributed by atoms with van der Waals surface area (Å²) in [5.41, 5.74) is 0.850. The van der Waals surface area contributed by atoms with Crippen LogP contribution in [-0.4, -0.2) is 27.4 Å². The van der Waals surface area contributed by atoms with Crippen molar-refractivity contribution in [3.8, 4) is 17.2 Å². The van der Waals surface area contributed by atoms with E-state index in [2.05, 4.69) is 10.1 Å². The molecule has 0 spiro atoms. The number of hydrogen-bond donors (Lipinski definition) is 2. The molecule has 0 saturated heterocycles. The highest BCUT2D eigenvalue weighted by atomic mass is 35.5. The normalized spacial score (nSPS) is 10.1. The van der Waals surface area contributed by atoms with Gasteiger partial charge in [-0.1, -0.05) is 5.16 Å². The summed E-state index contributed by atoms with van der Waals surface area (Å²) >= 11 is 5.61. The highest BCUT2D eigenvalue weighted by Crippen LogP contribution is 2.28. The minimum atomic E-state index is -1.53. The average Bonchev–Trinajstić information content (AvgIpc) is 2.87. The molecule has 8 nitrogen and oxygen atoms in total. The monoisotopic (exact) mass is 297 g/mol. The third kappa shape index (κ3) is 3.23. The molecule has 9 heteroatoms. The van der Waals surface area contributed by atoms with E-state index < -0.39 is 12.2 Å². The summed E-state index contributed by atoms with van der Waals surface area (Å²) in [6, 6.07) is 4.74. The maximum absolute atomic E-state index is 11.2. The van der Waals surface area contributed by atoms with Gasteiger partial charge in [-0.2, -0.15) is 0 Å². The number of alkyl halides is 1. The van der Waals surface area contributed by atoms with Crippen molar-refractivity contribution in [2.75, 3.05) is 0 Å². The molecular weight excluding hydrogens is 290 g/mol. The van der Waals surface area contributed by atoms with Crippen LogP contribution in [0.5, 0.6) is 5.88 Å². The fourth-order valence-electron chi connectivity index (χ4n) is 1.36. The van der Waals surface area contributed by atoms with E-state index in [0.717, 1.165) is 0 Å². The largest absolute Gasteiger partial charge is 0.465 e. The molecule has 2 N–H and O–H groups in total. The van der Waals surface area contributed by atoms with Crippen LogP contribution in [0.15, 0.2) is 28.9 Å². The number of carboxylic acid groups (broad SMARTS) is 1. The summed E-state index contributed by atoms with van der Waals surface area (Å²) in [6.07, 6.45) is -1.32. The van der Waals surface area contributed by atoms with E-state index in [9.17, 15) is 9.59 Å². The summed E-state index contributed by atoms with van der Waals surface area (Å²) in [6.45, 7) is 0. The van der Waals surface area contributed by atoms with Crippen LogP contribution in [0.4, 0.5) is 9.59 Å². The number of carbonyl (C=O) groups excluding carboxylic acids is 1. The lowest BCUT2D eigenvalue weighted by Gasteiger charge is -2.05. The lowest BCUT2D eigenvalue weighted by atomic mass is 10.2. The van der Waals surface area contributed by atoms with Crippen LogP contribution < -0.4 is 10.1 Å². The highest BCUT2D eigenvalue weighted by molar-refractivity contribution is 6.16. The Kier molecular flexibility index (Phi) is 4.16. The number of nitrogens with zero attached hydrogens (tertiary/aromatic N) is 2. The molecule has 2 aromatic rings. The number of pyridine rings is 1. The van der Waals surface area contributed by atoms with Gasteiger partial charge < -0.3 is 14.4 Å². The lowest BCUT2D eigenvalue weighted by molar-refractivity contribution is 0.177. The molecule has 0 aliphatic heterocycles. The van der Waals surface area contributed by atoms with E-state index in [1.165, 1.54) is 11.5 Å². The van der Waals surface area contributed by atoms with Crippen molar-refractivity contribution in [3.63, 3.8) is 0 Å². The molecular formula is C11H8ClN3O5. The summed E-state index contributed by atoms with van der Waals surface area (Å²) in [4.78, 5) is 25.4. The molecule has 104 valence electrons. The third-order valence-corrected chi connectivity index (χ3v) is 2.40. The zero-order chi connectivity index (χ0) is 14.5. The molecule has 0 aromatic carbocycles. The number of imide groups is 1. The van der Waals surface area contributed by atoms with Crippen molar-refractivity contribution in [2.45, 2.75) is 5.88 Å². The van der Waals surface area contributed by atoms with Gasteiger partial charge in [0.25, 0.3) is 0 Å². The highest BCUT2D eigenvalue weighted by Gasteiger charge is 2.16. The van der Waals surface area contributed by atoms with E-state index in [1.54, 1.807) is 18.2 Å². The number of aromatic nitrogens is 2. The van der Waals surface area contributed by atoms with Gasteiger partial charge in [0.15, 0.2) is 5.76 Å².